The predicted octanol–water partition coefficient (Wildman–Crippen LogP) is 2.59. The predicted molar refractivity (Wildman–Crippen MR) is 94.0 cm³/mol. The Morgan fingerprint density at radius 3 is 2.88 bits per heavy atom. The average molecular weight is 341 g/mol. The molecule has 2 heterocycles. The Hall–Kier alpha value is -1.26. The molecule has 1 saturated heterocycles. The highest BCUT2D eigenvalue weighted by atomic mass is 16.5. The maximum absolute atomic E-state index is 12.1. The number of aliphatic hydroxyl groups is 1. The van der Waals surface area contributed by atoms with Crippen LogP contribution in [0.4, 0.5) is 0 Å². The minimum absolute atomic E-state index is 0.000764. The van der Waals surface area contributed by atoms with Crippen molar-refractivity contribution in [1.29, 1.82) is 0 Å². The molecule has 0 radical (unpaired) electrons. The first-order valence-corrected chi connectivity index (χ1v) is 10.0. The molecule has 6 rings (SSSR count). The monoisotopic (exact) mass is 341 g/mol. The lowest BCUT2D eigenvalue weighted by Gasteiger charge is -2.64. The van der Waals surface area contributed by atoms with Crippen LogP contribution in [0.25, 0.3) is 0 Å². The molecular weight excluding hydrogens is 314 g/mol. The van der Waals surface area contributed by atoms with E-state index >= 15 is 0 Å². The van der Waals surface area contributed by atoms with E-state index in [0.717, 1.165) is 50.3 Å². The van der Waals surface area contributed by atoms with Gasteiger partial charge < -0.3 is 14.9 Å². The van der Waals surface area contributed by atoms with Crippen LogP contribution in [0, 0.1) is 11.8 Å². The smallest absolute Gasteiger partial charge is 0.165 e. The summed E-state index contributed by atoms with van der Waals surface area (Å²) in [6.07, 6.45) is 6.39. The minimum Gasteiger partial charge on any atom is -0.504 e. The molecule has 2 bridgehead atoms. The Balaban J connectivity index is 1.57. The van der Waals surface area contributed by atoms with Crippen LogP contribution in [-0.4, -0.2) is 45.9 Å². The molecule has 0 aromatic heterocycles. The molecule has 3 aliphatic carbocycles. The van der Waals surface area contributed by atoms with Crippen molar-refractivity contribution in [2.75, 3.05) is 13.1 Å². The molecule has 1 spiro atoms. The Morgan fingerprint density at radius 2 is 2.08 bits per heavy atom. The highest BCUT2D eigenvalue weighted by Gasteiger charge is 2.72. The minimum atomic E-state index is -0.719. The highest BCUT2D eigenvalue weighted by Crippen LogP contribution is 2.66. The molecule has 134 valence electrons. The summed E-state index contributed by atoms with van der Waals surface area (Å²) in [6, 6.07) is 4.06. The number of hydrogen-bond donors (Lipinski definition) is 2. The molecule has 4 nitrogen and oxygen atoms in total. The Kier molecular flexibility index (Phi) is 2.69. The topological polar surface area (TPSA) is 52.9 Å². The summed E-state index contributed by atoms with van der Waals surface area (Å²) in [7, 11) is 0. The van der Waals surface area contributed by atoms with Crippen molar-refractivity contribution in [3.63, 3.8) is 0 Å². The maximum Gasteiger partial charge on any atom is 0.165 e. The number of rotatable bonds is 2. The number of nitrogens with zero attached hydrogens (tertiary/aromatic N) is 1. The van der Waals surface area contributed by atoms with Gasteiger partial charge in [-0.2, -0.15) is 0 Å². The quantitative estimate of drug-likeness (QED) is 0.868. The van der Waals surface area contributed by atoms with E-state index in [4.69, 9.17) is 4.74 Å². The Bertz CT molecular complexity index is 760. The van der Waals surface area contributed by atoms with Crippen molar-refractivity contribution in [2.45, 2.75) is 68.6 Å². The van der Waals surface area contributed by atoms with Gasteiger partial charge in [-0.25, -0.2) is 0 Å². The zero-order valence-corrected chi connectivity index (χ0v) is 14.9. The van der Waals surface area contributed by atoms with E-state index in [0.29, 0.717) is 11.7 Å². The molecule has 5 atom stereocenters. The molecule has 0 amide bonds. The summed E-state index contributed by atoms with van der Waals surface area (Å²) in [6.45, 7) is 4.44. The Labute approximate surface area is 148 Å². The highest BCUT2D eigenvalue weighted by molar-refractivity contribution is 5.62. The average Bonchev–Trinajstić information content (AvgIpc) is 3.32. The lowest BCUT2D eigenvalue weighted by atomic mass is 9.47. The van der Waals surface area contributed by atoms with Gasteiger partial charge >= 0.3 is 0 Å². The van der Waals surface area contributed by atoms with Crippen molar-refractivity contribution in [3.05, 3.63) is 23.3 Å². The molecular formula is C21H27NO3. The van der Waals surface area contributed by atoms with Gasteiger partial charge in [-0.3, -0.25) is 4.90 Å². The number of likely N-dealkylation sites (tertiary alicyclic amines) is 1. The Morgan fingerprint density at radius 1 is 1.24 bits per heavy atom. The van der Waals surface area contributed by atoms with Crippen LogP contribution in [0.15, 0.2) is 12.1 Å². The number of hydrogen-bond acceptors (Lipinski definition) is 4. The number of ether oxygens (including phenoxy) is 1. The van der Waals surface area contributed by atoms with E-state index in [2.05, 4.69) is 17.9 Å². The first-order chi connectivity index (χ1) is 12.0. The normalized spacial score (nSPS) is 44.3. The van der Waals surface area contributed by atoms with E-state index in [-0.39, 0.29) is 23.3 Å². The third-order valence-corrected chi connectivity index (χ3v) is 8.06. The molecule has 25 heavy (non-hydrogen) atoms. The van der Waals surface area contributed by atoms with Crippen molar-refractivity contribution >= 4 is 0 Å². The van der Waals surface area contributed by atoms with Gasteiger partial charge in [-0.15, -0.1) is 0 Å². The molecule has 2 aliphatic heterocycles. The van der Waals surface area contributed by atoms with Crippen LogP contribution in [0.3, 0.4) is 0 Å². The molecule has 3 fully saturated rings. The van der Waals surface area contributed by atoms with Crippen LogP contribution in [0.5, 0.6) is 11.5 Å². The molecule has 2 N–H and O–H groups in total. The van der Waals surface area contributed by atoms with Crippen LogP contribution >= 0.6 is 0 Å². The van der Waals surface area contributed by atoms with E-state index < -0.39 is 5.60 Å². The van der Waals surface area contributed by atoms with E-state index in [1.165, 1.54) is 18.4 Å². The number of piperidine rings is 1. The summed E-state index contributed by atoms with van der Waals surface area (Å²) >= 11 is 0. The zero-order chi connectivity index (χ0) is 17.0. The number of phenolic OH excluding ortho intramolecular Hbond substituents is 1. The molecule has 5 aliphatic rings. The van der Waals surface area contributed by atoms with Crippen molar-refractivity contribution < 1.29 is 14.9 Å². The molecule has 1 aromatic carbocycles. The second kappa shape index (κ2) is 4.52. The number of aromatic hydroxyl groups is 1. The summed E-state index contributed by atoms with van der Waals surface area (Å²) in [5, 5.41) is 22.6. The molecule has 1 aromatic rings. The summed E-state index contributed by atoms with van der Waals surface area (Å²) in [4.78, 5) is 2.59. The summed E-state index contributed by atoms with van der Waals surface area (Å²) < 4.78 is 6.39. The van der Waals surface area contributed by atoms with Crippen molar-refractivity contribution in [1.82, 2.24) is 4.90 Å². The van der Waals surface area contributed by atoms with Crippen molar-refractivity contribution in [3.8, 4) is 11.5 Å². The fourth-order valence-electron chi connectivity index (χ4n) is 6.73. The van der Waals surface area contributed by atoms with Gasteiger partial charge in [0.15, 0.2) is 11.5 Å². The first kappa shape index (κ1) is 14.9. The summed E-state index contributed by atoms with van der Waals surface area (Å²) in [5.74, 6) is 2.17. The lowest BCUT2D eigenvalue weighted by molar-refractivity contribution is -0.196. The van der Waals surface area contributed by atoms with Crippen LogP contribution < -0.4 is 4.74 Å². The van der Waals surface area contributed by atoms with Crippen LogP contribution in [-0.2, 0) is 11.8 Å². The largest absolute Gasteiger partial charge is 0.504 e. The van der Waals surface area contributed by atoms with Gasteiger partial charge in [0.1, 0.15) is 6.10 Å². The third-order valence-electron chi connectivity index (χ3n) is 8.06. The third kappa shape index (κ3) is 1.62. The lowest BCUT2D eigenvalue weighted by Crippen LogP contribution is -2.76. The van der Waals surface area contributed by atoms with Gasteiger partial charge in [-0.05, 0) is 68.5 Å². The fourth-order valence-corrected chi connectivity index (χ4v) is 6.73. The van der Waals surface area contributed by atoms with Crippen LogP contribution in [0.2, 0.25) is 0 Å². The van der Waals surface area contributed by atoms with Gasteiger partial charge in [0.05, 0.1) is 11.0 Å². The van der Waals surface area contributed by atoms with E-state index in [1.54, 1.807) is 6.07 Å². The molecule has 4 heteroatoms. The molecule has 2 saturated carbocycles. The van der Waals surface area contributed by atoms with Gasteiger partial charge in [0.2, 0.25) is 0 Å². The second-order valence-corrected chi connectivity index (χ2v) is 9.31. The van der Waals surface area contributed by atoms with Crippen molar-refractivity contribution in [2.24, 2.45) is 11.8 Å². The van der Waals surface area contributed by atoms with Gasteiger partial charge in [0, 0.05) is 18.2 Å². The zero-order valence-electron chi connectivity index (χ0n) is 14.9. The molecule has 2 unspecified atom stereocenters. The van der Waals surface area contributed by atoms with E-state index in [9.17, 15) is 10.2 Å². The van der Waals surface area contributed by atoms with Crippen LogP contribution in [0.1, 0.15) is 50.2 Å². The fraction of sp³-hybridized carbons (Fsp3) is 0.714. The standard InChI is InChI=1S/C21H27NO3/c1-12-6-7-21(24)16-10-14-4-5-15(23)18-17(14)20(21,19(12)25-18)8-9-22(16)11-13-2-3-13/h4-5,12-13,16,19,23-24H,2-3,6-11H2,1H3/t12?,16?,19-,20-,21+/m0/s1. The van der Waals surface area contributed by atoms with E-state index in [1.807, 2.05) is 0 Å². The van der Waals surface area contributed by atoms with Gasteiger partial charge in [-0.1, -0.05) is 13.0 Å². The second-order valence-electron chi connectivity index (χ2n) is 9.31. The number of phenols is 1. The van der Waals surface area contributed by atoms with Gasteiger partial charge in [0.25, 0.3) is 0 Å². The first-order valence-electron chi connectivity index (χ1n) is 10.0. The summed E-state index contributed by atoms with van der Waals surface area (Å²) in [5.41, 5.74) is 1.40. The number of benzene rings is 1. The SMILES string of the molecule is CC1CC[C@@]2(O)C3Cc4ccc(O)c5c4[C@@]2(CCN3CC2CC2)[C@H]1O5. The maximum atomic E-state index is 12.1.